The van der Waals surface area contributed by atoms with Gasteiger partial charge in [-0.3, -0.25) is 4.79 Å². The molecule has 0 saturated carbocycles. The highest BCUT2D eigenvalue weighted by molar-refractivity contribution is 6.02. The van der Waals surface area contributed by atoms with E-state index in [0.29, 0.717) is 6.42 Å². The number of hydrogen-bond acceptors (Lipinski definition) is 3. The molecule has 1 unspecified atom stereocenters. The molecule has 1 atom stereocenters. The number of rotatable bonds is 5. The average molecular weight is 268 g/mol. The predicted octanol–water partition coefficient (Wildman–Crippen LogP) is 1.84. The molecule has 104 valence electrons. The van der Waals surface area contributed by atoms with Crippen molar-refractivity contribution < 1.29 is 19.1 Å². The summed E-state index contributed by atoms with van der Waals surface area (Å²) < 4.78 is 13.5. The molecular formula is C13H17FN2O3. The van der Waals surface area contributed by atoms with Crippen LogP contribution in [-0.2, 0) is 4.79 Å². The molecule has 6 heteroatoms. The number of aromatic carboxylic acids is 1. The number of amides is 1. The second kappa shape index (κ2) is 5.79. The lowest BCUT2D eigenvalue weighted by Gasteiger charge is -2.25. The third kappa shape index (κ3) is 3.08. The SMILES string of the molecule is CCC(C)(CN)C(=O)Nc1cccc(F)c1C(=O)O. The minimum atomic E-state index is -1.43. The molecule has 0 bridgehead atoms. The zero-order chi connectivity index (χ0) is 14.6. The lowest BCUT2D eigenvalue weighted by atomic mass is 9.86. The van der Waals surface area contributed by atoms with E-state index in [0.717, 1.165) is 6.07 Å². The number of carbonyl (C=O) groups is 2. The van der Waals surface area contributed by atoms with Crippen LogP contribution >= 0.6 is 0 Å². The van der Waals surface area contributed by atoms with Gasteiger partial charge in [-0.1, -0.05) is 13.0 Å². The molecule has 1 rings (SSSR count). The lowest BCUT2D eigenvalue weighted by molar-refractivity contribution is -0.124. The molecule has 1 amide bonds. The molecule has 0 heterocycles. The molecule has 0 fully saturated rings. The summed E-state index contributed by atoms with van der Waals surface area (Å²) in [5.74, 6) is -2.75. The zero-order valence-electron chi connectivity index (χ0n) is 10.9. The maximum atomic E-state index is 13.5. The van der Waals surface area contributed by atoms with E-state index in [2.05, 4.69) is 5.32 Å². The van der Waals surface area contributed by atoms with Crippen molar-refractivity contribution >= 4 is 17.6 Å². The van der Waals surface area contributed by atoms with Crippen molar-refractivity contribution in [1.82, 2.24) is 0 Å². The number of carboxylic acid groups (broad SMARTS) is 1. The maximum absolute atomic E-state index is 13.5. The van der Waals surface area contributed by atoms with Crippen LogP contribution in [0.5, 0.6) is 0 Å². The van der Waals surface area contributed by atoms with Gasteiger partial charge in [-0.05, 0) is 25.5 Å². The maximum Gasteiger partial charge on any atom is 0.340 e. The monoisotopic (exact) mass is 268 g/mol. The van der Waals surface area contributed by atoms with Crippen molar-refractivity contribution in [3.8, 4) is 0 Å². The van der Waals surface area contributed by atoms with Gasteiger partial charge in [-0.25, -0.2) is 9.18 Å². The molecule has 1 aromatic carbocycles. The number of carbonyl (C=O) groups excluding carboxylic acids is 1. The van der Waals surface area contributed by atoms with Crippen LogP contribution in [0.1, 0.15) is 30.6 Å². The summed E-state index contributed by atoms with van der Waals surface area (Å²) in [5, 5.41) is 11.4. The number of halogens is 1. The van der Waals surface area contributed by atoms with Gasteiger partial charge >= 0.3 is 5.97 Å². The summed E-state index contributed by atoms with van der Waals surface area (Å²) in [4.78, 5) is 23.1. The topological polar surface area (TPSA) is 92.4 Å². The second-order valence-electron chi connectivity index (χ2n) is 4.54. The van der Waals surface area contributed by atoms with Crippen molar-refractivity contribution in [3.05, 3.63) is 29.6 Å². The van der Waals surface area contributed by atoms with E-state index in [9.17, 15) is 14.0 Å². The Morgan fingerprint density at radius 2 is 2.11 bits per heavy atom. The molecule has 0 radical (unpaired) electrons. The Kier molecular flexibility index (Phi) is 4.61. The molecule has 0 aliphatic rings. The fraction of sp³-hybridized carbons (Fsp3) is 0.385. The minimum absolute atomic E-state index is 0.0642. The Morgan fingerprint density at radius 3 is 2.58 bits per heavy atom. The number of benzene rings is 1. The number of nitrogens with two attached hydrogens (primary N) is 1. The summed E-state index contributed by atoms with van der Waals surface area (Å²) in [5.41, 5.74) is 4.12. The van der Waals surface area contributed by atoms with Crippen molar-refractivity contribution in [2.75, 3.05) is 11.9 Å². The van der Waals surface area contributed by atoms with Gasteiger partial charge in [0, 0.05) is 6.54 Å². The van der Waals surface area contributed by atoms with Crippen LogP contribution in [0, 0.1) is 11.2 Å². The normalized spacial score (nSPS) is 13.7. The van der Waals surface area contributed by atoms with Crippen molar-refractivity contribution in [2.24, 2.45) is 11.1 Å². The van der Waals surface area contributed by atoms with Crippen LogP contribution in [0.2, 0.25) is 0 Å². The van der Waals surface area contributed by atoms with Crippen LogP contribution in [0.15, 0.2) is 18.2 Å². The molecule has 0 saturated heterocycles. The van der Waals surface area contributed by atoms with Crippen LogP contribution < -0.4 is 11.1 Å². The number of carboxylic acids is 1. The van der Waals surface area contributed by atoms with Gasteiger partial charge in [0.05, 0.1) is 11.1 Å². The summed E-state index contributed by atoms with van der Waals surface area (Å²) in [6, 6.07) is 3.71. The smallest absolute Gasteiger partial charge is 0.340 e. The summed E-state index contributed by atoms with van der Waals surface area (Å²) in [6.45, 7) is 3.59. The second-order valence-corrected chi connectivity index (χ2v) is 4.54. The van der Waals surface area contributed by atoms with Gasteiger partial charge in [0.15, 0.2) is 0 Å². The third-order valence-corrected chi connectivity index (χ3v) is 3.25. The summed E-state index contributed by atoms with van der Waals surface area (Å²) >= 11 is 0. The van der Waals surface area contributed by atoms with Gasteiger partial charge in [-0.15, -0.1) is 0 Å². The lowest BCUT2D eigenvalue weighted by Crippen LogP contribution is -2.39. The van der Waals surface area contributed by atoms with E-state index in [1.807, 2.05) is 0 Å². The Bertz CT molecular complexity index is 499. The molecule has 19 heavy (non-hydrogen) atoms. The van der Waals surface area contributed by atoms with Crippen LogP contribution in [0.4, 0.5) is 10.1 Å². The summed E-state index contributed by atoms with van der Waals surface area (Å²) in [7, 11) is 0. The van der Waals surface area contributed by atoms with Crippen LogP contribution in [0.25, 0.3) is 0 Å². The molecule has 1 aromatic rings. The molecule has 4 N–H and O–H groups in total. The predicted molar refractivity (Wildman–Crippen MR) is 69.4 cm³/mol. The molecule has 0 aromatic heterocycles. The first kappa shape index (κ1) is 15.1. The van der Waals surface area contributed by atoms with E-state index in [1.54, 1.807) is 13.8 Å². The highest BCUT2D eigenvalue weighted by Gasteiger charge is 2.30. The molecule has 0 spiro atoms. The minimum Gasteiger partial charge on any atom is -0.478 e. The fourth-order valence-corrected chi connectivity index (χ4v) is 1.52. The first-order valence-electron chi connectivity index (χ1n) is 5.89. The van der Waals surface area contributed by atoms with Gasteiger partial charge in [0.2, 0.25) is 5.91 Å². The molecule has 0 aliphatic carbocycles. The first-order chi connectivity index (χ1) is 8.85. The first-order valence-corrected chi connectivity index (χ1v) is 5.89. The Labute approximate surface area is 110 Å². The van der Waals surface area contributed by atoms with Crippen molar-refractivity contribution in [2.45, 2.75) is 20.3 Å². The highest BCUT2D eigenvalue weighted by Crippen LogP contribution is 2.25. The Balaban J connectivity index is 3.10. The van der Waals surface area contributed by atoms with Crippen LogP contribution in [0.3, 0.4) is 0 Å². The fourth-order valence-electron chi connectivity index (χ4n) is 1.52. The Morgan fingerprint density at radius 1 is 1.47 bits per heavy atom. The van der Waals surface area contributed by atoms with Crippen molar-refractivity contribution in [3.63, 3.8) is 0 Å². The van der Waals surface area contributed by atoms with E-state index in [1.165, 1.54) is 12.1 Å². The zero-order valence-corrected chi connectivity index (χ0v) is 10.9. The standard InChI is InChI=1S/C13H17FN2O3/c1-3-13(2,7-15)12(19)16-9-6-4-5-8(14)10(9)11(17)18/h4-6H,3,7,15H2,1-2H3,(H,16,19)(H,17,18). The third-order valence-electron chi connectivity index (χ3n) is 3.25. The quantitative estimate of drug-likeness (QED) is 0.759. The average Bonchev–Trinajstić information content (AvgIpc) is 2.37. The van der Waals surface area contributed by atoms with E-state index in [-0.39, 0.29) is 12.2 Å². The van der Waals surface area contributed by atoms with Gasteiger partial charge < -0.3 is 16.2 Å². The van der Waals surface area contributed by atoms with E-state index in [4.69, 9.17) is 10.8 Å². The van der Waals surface area contributed by atoms with E-state index >= 15 is 0 Å². The van der Waals surface area contributed by atoms with Gasteiger partial charge in [0.1, 0.15) is 11.4 Å². The van der Waals surface area contributed by atoms with Crippen LogP contribution in [-0.4, -0.2) is 23.5 Å². The highest BCUT2D eigenvalue weighted by atomic mass is 19.1. The largest absolute Gasteiger partial charge is 0.478 e. The van der Waals surface area contributed by atoms with Gasteiger partial charge in [-0.2, -0.15) is 0 Å². The molecular weight excluding hydrogens is 251 g/mol. The Hall–Kier alpha value is -1.95. The molecule has 0 aliphatic heterocycles. The summed E-state index contributed by atoms with van der Waals surface area (Å²) in [6.07, 6.45) is 0.493. The number of anilines is 1. The number of hydrogen-bond donors (Lipinski definition) is 3. The molecule has 5 nitrogen and oxygen atoms in total. The van der Waals surface area contributed by atoms with Gasteiger partial charge in [0.25, 0.3) is 0 Å². The number of nitrogens with one attached hydrogen (secondary N) is 1. The van der Waals surface area contributed by atoms with Crippen molar-refractivity contribution in [1.29, 1.82) is 0 Å². The van der Waals surface area contributed by atoms with E-state index < -0.39 is 28.7 Å².